The lowest BCUT2D eigenvalue weighted by Crippen LogP contribution is -2.16. The third-order valence-electron chi connectivity index (χ3n) is 12.6. The number of hydrogen-bond acceptors (Lipinski definition) is 5. The molecule has 7 aromatic carbocycles. The number of para-hydroxylation sites is 1. The zero-order valence-corrected chi connectivity index (χ0v) is 35.2. The summed E-state index contributed by atoms with van der Waals surface area (Å²) in [5, 5.41) is 1.16. The summed E-state index contributed by atoms with van der Waals surface area (Å²) in [5.41, 5.74) is 17.7. The third kappa shape index (κ3) is 6.11. The summed E-state index contributed by atoms with van der Waals surface area (Å²) in [6.07, 6.45) is 9.58. The van der Waals surface area contributed by atoms with Crippen LogP contribution in [0.25, 0.3) is 85.6 Å². The highest BCUT2D eigenvalue weighted by atomic mass is 16.3. The molecule has 0 saturated heterocycles. The van der Waals surface area contributed by atoms with Crippen molar-refractivity contribution >= 4 is 46.3 Å². The molecule has 9 aromatic rings. The van der Waals surface area contributed by atoms with E-state index in [1.165, 1.54) is 27.8 Å². The normalized spacial score (nSPS) is 13.5. The van der Waals surface area contributed by atoms with Crippen LogP contribution in [0, 0.1) is 0 Å². The molecular weight excluding hydrogens is 757 g/mol. The molecule has 1 aliphatic heterocycles. The minimum atomic E-state index is -0.137. The van der Waals surface area contributed by atoms with Crippen LogP contribution in [0.15, 0.2) is 168 Å². The first-order chi connectivity index (χ1) is 30.4. The fourth-order valence-corrected chi connectivity index (χ4v) is 9.52. The van der Waals surface area contributed by atoms with Crippen LogP contribution in [0.3, 0.4) is 0 Å². The van der Waals surface area contributed by atoms with Crippen molar-refractivity contribution in [3.8, 4) is 56.4 Å². The van der Waals surface area contributed by atoms with Gasteiger partial charge < -0.3 is 9.32 Å². The van der Waals surface area contributed by atoms with Gasteiger partial charge in [0.05, 0.1) is 11.4 Å². The summed E-state index contributed by atoms with van der Waals surface area (Å²) in [6.45, 7) is 8.92. The number of fused-ring (bicyclic) bond motifs is 6. The zero-order valence-electron chi connectivity index (χ0n) is 35.2. The molecule has 0 N–H and O–H groups in total. The average molecular weight is 801 g/mol. The first kappa shape index (κ1) is 37.4. The number of allylic oxidation sites excluding steroid dienone is 1. The van der Waals surface area contributed by atoms with Crippen LogP contribution in [-0.4, -0.2) is 15.0 Å². The van der Waals surface area contributed by atoms with Gasteiger partial charge in [-0.3, -0.25) is 0 Å². The van der Waals surface area contributed by atoms with E-state index in [-0.39, 0.29) is 5.41 Å². The largest absolute Gasteiger partial charge is 0.456 e. The summed E-state index contributed by atoms with van der Waals surface area (Å²) < 4.78 is 6.62. The number of anilines is 3. The van der Waals surface area contributed by atoms with Crippen molar-refractivity contribution in [2.24, 2.45) is 0 Å². The maximum atomic E-state index is 6.62. The van der Waals surface area contributed by atoms with Crippen LogP contribution >= 0.6 is 0 Å². The Morgan fingerprint density at radius 2 is 1.18 bits per heavy atom. The van der Waals surface area contributed by atoms with Gasteiger partial charge in [0.25, 0.3) is 0 Å². The number of aromatic nitrogens is 3. The molecule has 3 heterocycles. The van der Waals surface area contributed by atoms with E-state index in [0.717, 1.165) is 79.2 Å². The lowest BCUT2D eigenvalue weighted by Gasteiger charge is -2.29. The quantitative estimate of drug-likeness (QED) is 0.161. The summed E-state index contributed by atoms with van der Waals surface area (Å²) in [4.78, 5) is 17.6. The number of hydrogen-bond donors (Lipinski definition) is 0. The molecule has 0 atom stereocenters. The van der Waals surface area contributed by atoms with Gasteiger partial charge in [0, 0.05) is 44.3 Å². The van der Waals surface area contributed by atoms with Crippen LogP contribution in [0.4, 0.5) is 17.1 Å². The molecule has 0 fully saturated rings. The lowest BCUT2D eigenvalue weighted by atomic mass is 9.82. The predicted molar refractivity (Wildman–Crippen MR) is 257 cm³/mol. The summed E-state index contributed by atoms with van der Waals surface area (Å²) in [6, 6.07) is 55.9. The van der Waals surface area contributed by atoms with Crippen molar-refractivity contribution in [2.45, 2.75) is 39.5 Å². The highest BCUT2D eigenvalue weighted by molar-refractivity contribution is 6.00. The fraction of sp³-hybridized carbons (Fsp3) is 0.105. The van der Waals surface area contributed by atoms with E-state index in [9.17, 15) is 0 Å². The van der Waals surface area contributed by atoms with Crippen LogP contribution in [0.2, 0.25) is 0 Å². The lowest BCUT2D eigenvalue weighted by molar-refractivity contribution is 0.600. The second-order valence-electron chi connectivity index (χ2n) is 16.6. The molecule has 62 heavy (non-hydrogen) atoms. The molecule has 0 bridgehead atoms. The molecule has 298 valence electrons. The molecule has 5 nitrogen and oxygen atoms in total. The fourth-order valence-electron chi connectivity index (χ4n) is 9.52. The Kier molecular flexibility index (Phi) is 8.94. The molecule has 5 heteroatoms. The van der Waals surface area contributed by atoms with Gasteiger partial charge in [0.2, 0.25) is 0 Å². The molecule has 2 aliphatic rings. The van der Waals surface area contributed by atoms with Gasteiger partial charge in [0.1, 0.15) is 11.3 Å². The van der Waals surface area contributed by atoms with E-state index in [2.05, 4.69) is 141 Å². The summed E-state index contributed by atoms with van der Waals surface area (Å²) in [7, 11) is 0. The number of nitrogens with zero attached hydrogens (tertiary/aromatic N) is 4. The SMILES string of the molecule is CC=Cc1oc2c(-c3ccc4c(c3)C=Cc3cc5c(cc3N4c3cccc(-c4nc(-c6ccccc6)nc(-c6ccccc6)n4)c3)-c3ccccc3C5(C)C)cccc2c1CC. The van der Waals surface area contributed by atoms with E-state index in [1.54, 1.807) is 0 Å². The highest BCUT2D eigenvalue weighted by Gasteiger charge is 2.37. The third-order valence-corrected chi connectivity index (χ3v) is 12.6. The molecule has 2 aromatic heterocycles. The van der Waals surface area contributed by atoms with Gasteiger partial charge in [-0.05, 0) is 94.8 Å². The highest BCUT2D eigenvalue weighted by Crippen LogP contribution is 2.53. The van der Waals surface area contributed by atoms with Crippen LogP contribution in [-0.2, 0) is 11.8 Å². The van der Waals surface area contributed by atoms with Crippen molar-refractivity contribution in [3.05, 3.63) is 197 Å². The Bertz CT molecular complexity index is 3210. The Labute approximate surface area is 362 Å². The van der Waals surface area contributed by atoms with E-state index in [1.807, 2.05) is 73.7 Å². The molecular formula is C57H44N4O. The molecule has 1 aliphatic carbocycles. The maximum absolute atomic E-state index is 6.62. The topological polar surface area (TPSA) is 55.1 Å². The van der Waals surface area contributed by atoms with E-state index in [4.69, 9.17) is 19.4 Å². The smallest absolute Gasteiger partial charge is 0.164 e. The van der Waals surface area contributed by atoms with Gasteiger partial charge in [-0.2, -0.15) is 0 Å². The van der Waals surface area contributed by atoms with E-state index >= 15 is 0 Å². The van der Waals surface area contributed by atoms with Gasteiger partial charge in [-0.25, -0.2) is 15.0 Å². The van der Waals surface area contributed by atoms with Crippen LogP contribution in [0.1, 0.15) is 61.3 Å². The Morgan fingerprint density at radius 1 is 0.548 bits per heavy atom. The van der Waals surface area contributed by atoms with Crippen LogP contribution < -0.4 is 4.90 Å². The first-order valence-electron chi connectivity index (χ1n) is 21.4. The van der Waals surface area contributed by atoms with Crippen LogP contribution in [0.5, 0.6) is 0 Å². The van der Waals surface area contributed by atoms with Gasteiger partial charge in [-0.15, -0.1) is 0 Å². The van der Waals surface area contributed by atoms with Crippen molar-refractivity contribution in [1.29, 1.82) is 0 Å². The minimum Gasteiger partial charge on any atom is -0.456 e. The molecule has 0 amide bonds. The first-order valence-corrected chi connectivity index (χ1v) is 21.4. The Morgan fingerprint density at radius 3 is 1.89 bits per heavy atom. The monoisotopic (exact) mass is 800 g/mol. The van der Waals surface area contributed by atoms with Crippen molar-refractivity contribution < 1.29 is 4.42 Å². The molecule has 0 spiro atoms. The predicted octanol–water partition coefficient (Wildman–Crippen LogP) is 15.1. The molecule has 11 rings (SSSR count). The maximum Gasteiger partial charge on any atom is 0.164 e. The molecule has 0 unspecified atom stereocenters. The van der Waals surface area contributed by atoms with Crippen molar-refractivity contribution in [3.63, 3.8) is 0 Å². The Hall–Kier alpha value is -7.63. The minimum absolute atomic E-state index is 0.137. The van der Waals surface area contributed by atoms with E-state index < -0.39 is 0 Å². The second kappa shape index (κ2) is 14.8. The summed E-state index contributed by atoms with van der Waals surface area (Å²) in [5.74, 6) is 2.81. The second-order valence-corrected chi connectivity index (χ2v) is 16.6. The Balaban J connectivity index is 1.11. The summed E-state index contributed by atoms with van der Waals surface area (Å²) >= 11 is 0. The average Bonchev–Trinajstić information content (AvgIpc) is 3.72. The standard InChI is InChI=1S/C57H44N4O/c1-5-17-52-43(6-2)46-26-16-25-44(53(46)62-52)38-30-31-50-39(32-38)28-29-40-34-49-47(45-24-13-14-27-48(45)57(49,3)4)35-51(40)61(50)42-23-15-22-41(33-42)56-59-54(36-18-9-7-10-19-36)58-55(60-56)37-20-11-8-12-21-37/h5,7-35H,6H2,1-4H3. The number of rotatable bonds is 7. The number of aryl methyl sites for hydroxylation is 1. The van der Waals surface area contributed by atoms with Gasteiger partial charge >= 0.3 is 0 Å². The zero-order chi connectivity index (χ0) is 42.0. The van der Waals surface area contributed by atoms with E-state index in [0.29, 0.717) is 17.5 Å². The van der Waals surface area contributed by atoms with Gasteiger partial charge in [-0.1, -0.05) is 160 Å². The van der Waals surface area contributed by atoms with Crippen molar-refractivity contribution in [1.82, 2.24) is 15.0 Å². The molecule has 0 radical (unpaired) electrons. The number of benzene rings is 7. The van der Waals surface area contributed by atoms with Crippen molar-refractivity contribution in [2.75, 3.05) is 4.90 Å². The molecule has 0 saturated carbocycles. The number of furan rings is 1. The van der Waals surface area contributed by atoms with Gasteiger partial charge in [0.15, 0.2) is 17.5 Å².